The molecular formula is C22H26N2O2. The normalized spacial score (nSPS) is 23.6. The zero-order valence-electron chi connectivity index (χ0n) is 15.2. The molecule has 2 fully saturated rings. The van der Waals surface area contributed by atoms with Gasteiger partial charge in [0.2, 0.25) is 0 Å². The average molecular weight is 350 g/mol. The van der Waals surface area contributed by atoms with Crippen LogP contribution in [-0.4, -0.2) is 36.1 Å². The summed E-state index contributed by atoms with van der Waals surface area (Å²) in [5.74, 6) is -0.0209. The number of nitrogens with one attached hydrogen (secondary N) is 1. The maximum Gasteiger partial charge on any atom is 0.251 e. The molecule has 1 amide bonds. The lowest BCUT2D eigenvalue weighted by molar-refractivity contribution is -0.146. The third-order valence-electron chi connectivity index (χ3n) is 5.42. The molecule has 4 rings (SSSR count). The molecule has 2 atom stereocenters. The Morgan fingerprint density at radius 2 is 1.85 bits per heavy atom. The van der Waals surface area contributed by atoms with Crippen molar-refractivity contribution in [2.45, 2.75) is 44.5 Å². The van der Waals surface area contributed by atoms with Crippen LogP contribution in [0.2, 0.25) is 0 Å². The first-order valence-corrected chi connectivity index (χ1v) is 9.48. The monoisotopic (exact) mass is 350 g/mol. The molecule has 2 aromatic carbocycles. The molecule has 1 heterocycles. The fraction of sp³-hybridized carbons (Fsp3) is 0.409. The molecule has 1 aliphatic heterocycles. The summed E-state index contributed by atoms with van der Waals surface area (Å²) in [6.45, 7) is 4.12. The fourth-order valence-corrected chi connectivity index (χ4v) is 3.83. The highest BCUT2D eigenvalue weighted by Gasteiger charge is 2.43. The minimum absolute atomic E-state index is 0.00526. The summed E-state index contributed by atoms with van der Waals surface area (Å²) in [6.07, 6.45) is 1.98. The molecule has 0 bridgehead atoms. The Labute approximate surface area is 155 Å². The van der Waals surface area contributed by atoms with E-state index in [9.17, 15) is 4.79 Å². The minimum atomic E-state index is -0.462. The van der Waals surface area contributed by atoms with E-state index >= 15 is 0 Å². The van der Waals surface area contributed by atoms with Gasteiger partial charge in [-0.2, -0.15) is 0 Å². The van der Waals surface area contributed by atoms with Crippen LogP contribution in [0.4, 0.5) is 0 Å². The molecule has 0 aromatic heterocycles. The number of hydrogen-bond acceptors (Lipinski definition) is 3. The SMILES string of the molecule is Cc1ccccc1CNC(=O)[C@@H]1OCCN(C2CC2)[C@H]1c1ccccc1. The highest BCUT2D eigenvalue weighted by molar-refractivity contribution is 5.82. The predicted molar refractivity (Wildman–Crippen MR) is 102 cm³/mol. The van der Waals surface area contributed by atoms with E-state index in [1.54, 1.807) is 0 Å². The lowest BCUT2D eigenvalue weighted by Gasteiger charge is -2.41. The van der Waals surface area contributed by atoms with Gasteiger partial charge < -0.3 is 10.1 Å². The molecule has 1 N–H and O–H groups in total. The number of hydrogen-bond donors (Lipinski definition) is 1. The number of aryl methyl sites for hydroxylation is 1. The average Bonchev–Trinajstić information content (AvgIpc) is 3.52. The van der Waals surface area contributed by atoms with Gasteiger partial charge in [0.25, 0.3) is 5.91 Å². The molecule has 26 heavy (non-hydrogen) atoms. The number of benzene rings is 2. The maximum absolute atomic E-state index is 13.0. The first-order chi connectivity index (χ1) is 12.7. The van der Waals surface area contributed by atoms with E-state index in [1.807, 2.05) is 30.3 Å². The molecule has 136 valence electrons. The maximum atomic E-state index is 13.0. The number of carbonyl (C=O) groups is 1. The largest absolute Gasteiger partial charge is 0.365 e. The van der Waals surface area contributed by atoms with Gasteiger partial charge in [0, 0.05) is 19.1 Å². The summed E-state index contributed by atoms with van der Waals surface area (Å²) in [5, 5.41) is 3.10. The lowest BCUT2D eigenvalue weighted by Crippen LogP contribution is -2.52. The van der Waals surface area contributed by atoms with Crippen molar-refractivity contribution >= 4 is 5.91 Å². The number of carbonyl (C=O) groups excluding carboxylic acids is 1. The summed E-state index contributed by atoms with van der Waals surface area (Å²) in [6, 6.07) is 19.0. The van der Waals surface area contributed by atoms with Crippen LogP contribution in [0.5, 0.6) is 0 Å². The highest BCUT2D eigenvalue weighted by Crippen LogP contribution is 2.38. The molecule has 1 aliphatic carbocycles. The van der Waals surface area contributed by atoms with Gasteiger partial charge in [0.05, 0.1) is 12.6 Å². The van der Waals surface area contributed by atoms with Crippen LogP contribution >= 0.6 is 0 Å². The van der Waals surface area contributed by atoms with Gasteiger partial charge in [-0.15, -0.1) is 0 Å². The molecule has 0 spiro atoms. The topological polar surface area (TPSA) is 41.6 Å². The van der Waals surface area contributed by atoms with Crippen LogP contribution < -0.4 is 5.32 Å². The Kier molecular flexibility index (Phi) is 5.05. The van der Waals surface area contributed by atoms with Crippen molar-refractivity contribution in [1.29, 1.82) is 0 Å². The predicted octanol–water partition coefficient (Wildman–Crippen LogP) is 3.22. The summed E-state index contributed by atoms with van der Waals surface area (Å²) < 4.78 is 5.98. The molecule has 2 aromatic rings. The molecule has 1 saturated carbocycles. The number of rotatable bonds is 5. The second kappa shape index (κ2) is 7.60. The van der Waals surface area contributed by atoms with Gasteiger partial charge in [-0.3, -0.25) is 9.69 Å². The van der Waals surface area contributed by atoms with Crippen LogP contribution in [0, 0.1) is 6.92 Å². The molecule has 1 saturated heterocycles. The highest BCUT2D eigenvalue weighted by atomic mass is 16.5. The van der Waals surface area contributed by atoms with Crippen LogP contribution in [0.3, 0.4) is 0 Å². The van der Waals surface area contributed by atoms with E-state index in [4.69, 9.17) is 4.74 Å². The van der Waals surface area contributed by atoms with Crippen molar-refractivity contribution in [2.75, 3.05) is 13.2 Å². The number of amides is 1. The van der Waals surface area contributed by atoms with Crippen LogP contribution in [0.25, 0.3) is 0 Å². The van der Waals surface area contributed by atoms with Crippen molar-refractivity contribution in [3.8, 4) is 0 Å². The van der Waals surface area contributed by atoms with E-state index in [0.717, 1.165) is 17.7 Å². The first kappa shape index (κ1) is 17.3. The zero-order valence-corrected chi connectivity index (χ0v) is 15.2. The number of morpholine rings is 1. The lowest BCUT2D eigenvalue weighted by atomic mass is 9.97. The van der Waals surface area contributed by atoms with Gasteiger partial charge in [0.15, 0.2) is 6.10 Å². The van der Waals surface area contributed by atoms with Crippen LogP contribution in [0.15, 0.2) is 54.6 Å². The number of nitrogens with zero attached hydrogens (tertiary/aromatic N) is 1. The third kappa shape index (κ3) is 3.67. The van der Waals surface area contributed by atoms with E-state index in [1.165, 1.54) is 18.4 Å². The quantitative estimate of drug-likeness (QED) is 0.900. The van der Waals surface area contributed by atoms with Crippen molar-refractivity contribution in [3.63, 3.8) is 0 Å². The number of ether oxygens (including phenoxy) is 1. The fourth-order valence-electron chi connectivity index (χ4n) is 3.83. The Bertz CT molecular complexity index is 758. The van der Waals surface area contributed by atoms with Gasteiger partial charge >= 0.3 is 0 Å². The van der Waals surface area contributed by atoms with Gasteiger partial charge in [0.1, 0.15) is 0 Å². The van der Waals surface area contributed by atoms with Gasteiger partial charge in [-0.1, -0.05) is 54.6 Å². The minimum Gasteiger partial charge on any atom is -0.365 e. The summed E-state index contributed by atoms with van der Waals surface area (Å²) in [4.78, 5) is 15.5. The van der Waals surface area contributed by atoms with E-state index < -0.39 is 6.10 Å². The van der Waals surface area contributed by atoms with Gasteiger partial charge in [-0.05, 0) is 36.5 Å². The second-order valence-electron chi connectivity index (χ2n) is 7.26. The Hall–Kier alpha value is -2.17. The Morgan fingerprint density at radius 1 is 1.12 bits per heavy atom. The first-order valence-electron chi connectivity index (χ1n) is 9.48. The molecule has 0 radical (unpaired) electrons. The van der Waals surface area contributed by atoms with Crippen molar-refractivity contribution < 1.29 is 9.53 Å². The third-order valence-corrected chi connectivity index (χ3v) is 5.42. The smallest absolute Gasteiger partial charge is 0.251 e. The Balaban J connectivity index is 1.52. The van der Waals surface area contributed by atoms with Crippen molar-refractivity contribution in [3.05, 3.63) is 71.3 Å². The van der Waals surface area contributed by atoms with Crippen molar-refractivity contribution in [2.24, 2.45) is 0 Å². The second-order valence-corrected chi connectivity index (χ2v) is 7.26. The van der Waals surface area contributed by atoms with Crippen LogP contribution in [0.1, 0.15) is 35.6 Å². The zero-order chi connectivity index (χ0) is 17.9. The van der Waals surface area contributed by atoms with E-state index in [-0.39, 0.29) is 11.9 Å². The molecular weight excluding hydrogens is 324 g/mol. The van der Waals surface area contributed by atoms with E-state index in [2.05, 4.69) is 41.4 Å². The van der Waals surface area contributed by atoms with Crippen LogP contribution in [-0.2, 0) is 16.1 Å². The summed E-state index contributed by atoms with van der Waals surface area (Å²) >= 11 is 0. The van der Waals surface area contributed by atoms with Crippen molar-refractivity contribution in [1.82, 2.24) is 10.2 Å². The van der Waals surface area contributed by atoms with Gasteiger partial charge in [-0.25, -0.2) is 0 Å². The molecule has 2 aliphatic rings. The molecule has 4 heteroatoms. The summed E-state index contributed by atoms with van der Waals surface area (Å²) in [5.41, 5.74) is 3.50. The Morgan fingerprint density at radius 3 is 2.58 bits per heavy atom. The summed E-state index contributed by atoms with van der Waals surface area (Å²) in [7, 11) is 0. The molecule has 4 nitrogen and oxygen atoms in total. The van der Waals surface area contributed by atoms with E-state index in [0.29, 0.717) is 19.2 Å². The standard InChI is InChI=1S/C22H26N2O2/c1-16-7-5-6-10-18(16)15-23-22(25)21-20(17-8-3-2-4-9-17)24(13-14-26-21)19-11-12-19/h2-10,19-21H,11-15H2,1H3,(H,23,25)/t20-,21+/m0/s1. The molecule has 0 unspecified atom stereocenters.